The molecule has 7 heteroatoms. The van der Waals surface area contributed by atoms with Crippen molar-refractivity contribution in [1.82, 2.24) is 4.98 Å². The summed E-state index contributed by atoms with van der Waals surface area (Å²) in [4.78, 5) is 13.8. The Kier molecular flexibility index (Phi) is 2.81. The number of nitrogens with zero attached hydrogens (tertiary/aromatic N) is 2. The van der Waals surface area contributed by atoms with Crippen LogP contribution in [0.25, 0.3) is 10.9 Å². The highest BCUT2D eigenvalue weighted by Crippen LogP contribution is 2.34. The van der Waals surface area contributed by atoms with E-state index in [1.807, 2.05) is 0 Å². The summed E-state index contributed by atoms with van der Waals surface area (Å²) < 4.78 is 18.1. The van der Waals surface area contributed by atoms with E-state index in [1.165, 1.54) is 13.2 Å². The Morgan fingerprint density at radius 3 is 2.82 bits per heavy atom. The molecular formula is C10H6ClFN2O3. The minimum atomic E-state index is -0.648. The molecule has 0 spiro atoms. The minimum absolute atomic E-state index is 0.0401. The first kappa shape index (κ1) is 11.5. The molecule has 0 bridgehead atoms. The van der Waals surface area contributed by atoms with Gasteiger partial charge in [-0.1, -0.05) is 11.6 Å². The van der Waals surface area contributed by atoms with Crippen molar-refractivity contribution in [2.75, 3.05) is 7.11 Å². The second kappa shape index (κ2) is 4.14. The van der Waals surface area contributed by atoms with Gasteiger partial charge in [-0.15, -0.1) is 0 Å². The molecule has 17 heavy (non-hydrogen) atoms. The van der Waals surface area contributed by atoms with Crippen LogP contribution in [0.1, 0.15) is 0 Å². The van der Waals surface area contributed by atoms with E-state index < -0.39 is 10.7 Å². The number of pyridine rings is 1. The number of aromatic nitrogens is 1. The van der Waals surface area contributed by atoms with Crippen LogP contribution in [-0.2, 0) is 0 Å². The highest BCUT2D eigenvalue weighted by molar-refractivity contribution is 6.37. The summed E-state index contributed by atoms with van der Waals surface area (Å²) in [5, 5.41) is 10.9. The third-order valence-corrected chi connectivity index (χ3v) is 2.65. The number of hydrogen-bond acceptors (Lipinski definition) is 4. The molecule has 1 aromatic heterocycles. The first-order valence-electron chi connectivity index (χ1n) is 4.50. The molecule has 0 saturated carbocycles. The molecule has 0 aliphatic carbocycles. The van der Waals surface area contributed by atoms with Crippen molar-refractivity contribution < 1.29 is 14.1 Å². The summed E-state index contributed by atoms with van der Waals surface area (Å²) in [6.45, 7) is 0. The first-order valence-corrected chi connectivity index (χ1v) is 4.88. The van der Waals surface area contributed by atoms with E-state index in [0.29, 0.717) is 0 Å². The molecule has 0 aliphatic rings. The zero-order valence-electron chi connectivity index (χ0n) is 8.61. The van der Waals surface area contributed by atoms with Crippen molar-refractivity contribution in [3.05, 3.63) is 39.3 Å². The maximum Gasteiger partial charge on any atom is 0.306 e. The third-order valence-electron chi connectivity index (χ3n) is 2.25. The lowest BCUT2D eigenvalue weighted by atomic mass is 10.2. The molecule has 88 valence electrons. The molecule has 0 atom stereocenters. The number of hydrogen-bond donors (Lipinski definition) is 0. The zero-order chi connectivity index (χ0) is 12.6. The van der Waals surface area contributed by atoms with E-state index in [2.05, 4.69) is 4.98 Å². The molecule has 0 N–H and O–H groups in total. The summed E-state index contributed by atoms with van der Waals surface area (Å²) in [6, 6.07) is 2.40. The summed E-state index contributed by atoms with van der Waals surface area (Å²) in [5.74, 6) is -0.640. The number of fused-ring (bicyclic) bond motifs is 1. The van der Waals surface area contributed by atoms with Crippen molar-refractivity contribution >= 4 is 28.2 Å². The van der Waals surface area contributed by atoms with E-state index in [1.54, 1.807) is 0 Å². The molecule has 0 fully saturated rings. The lowest BCUT2D eigenvalue weighted by molar-refractivity contribution is -0.384. The van der Waals surface area contributed by atoms with Gasteiger partial charge in [-0.3, -0.25) is 10.1 Å². The largest absolute Gasteiger partial charge is 0.494 e. The fourth-order valence-corrected chi connectivity index (χ4v) is 1.70. The Labute approximate surface area is 99.9 Å². The molecule has 0 amide bonds. The van der Waals surface area contributed by atoms with Gasteiger partial charge < -0.3 is 4.74 Å². The Bertz CT molecular complexity index is 618. The average Bonchev–Trinajstić information content (AvgIpc) is 2.28. The molecule has 2 rings (SSSR count). The maximum absolute atomic E-state index is 13.4. The van der Waals surface area contributed by atoms with Crippen LogP contribution in [0.3, 0.4) is 0 Å². The number of methoxy groups -OCH3 is 1. The van der Waals surface area contributed by atoms with E-state index >= 15 is 0 Å². The van der Waals surface area contributed by atoms with Crippen LogP contribution in [0.5, 0.6) is 5.75 Å². The van der Waals surface area contributed by atoms with Gasteiger partial charge in [-0.25, -0.2) is 9.37 Å². The fourth-order valence-electron chi connectivity index (χ4n) is 1.43. The van der Waals surface area contributed by atoms with Crippen LogP contribution >= 0.6 is 11.6 Å². The molecule has 2 aromatic rings. The Morgan fingerprint density at radius 1 is 1.53 bits per heavy atom. The topological polar surface area (TPSA) is 65.3 Å². The molecule has 5 nitrogen and oxygen atoms in total. The Hall–Kier alpha value is -1.95. The predicted molar refractivity (Wildman–Crippen MR) is 59.9 cm³/mol. The monoisotopic (exact) mass is 256 g/mol. The standard InChI is InChI=1S/C10H6ClFN2O3/c1-17-9-2-5-7(3-6(9)12)13-4-8(10(5)11)14(15)16/h2-4H,1H3. The molecule has 0 saturated heterocycles. The highest BCUT2D eigenvalue weighted by Gasteiger charge is 2.18. The number of rotatable bonds is 2. The van der Waals surface area contributed by atoms with Gasteiger partial charge in [0.25, 0.3) is 0 Å². The maximum atomic E-state index is 13.4. The van der Waals surface area contributed by atoms with Crippen molar-refractivity contribution in [1.29, 1.82) is 0 Å². The van der Waals surface area contributed by atoms with Gasteiger partial charge in [0, 0.05) is 11.5 Å². The molecule has 1 aromatic carbocycles. The van der Waals surface area contributed by atoms with Crippen molar-refractivity contribution in [2.24, 2.45) is 0 Å². The van der Waals surface area contributed by atoms with Gasteiger partial charge >= 0.3 is 5.69 Å². The Morgan fingerprint density at radius 2 is 2.24 bits per heavy atom. The third kappa shape index (κ3) is 1.87. The first-order chi connectivity index (χ1) is 8.04. The number of benzene rings is 1. The van der Waals surface area contributed by atoms with Crippen molar-refractivity contribution in [3.63, 3.8) is 0 Å². The second-order valence-corrected chi connectivity index (χ2v) is 3.60. The normalized spacial score (nSPS) is 10.5. The molecule has 0 aliphatic heterocycles. The van der Waals surface area contributed by atoms with Gasteiger partial charge in [-0.05, 0) is 6.07 Å². The van der Waals surface area contributed by atoms with Crippen LogP contribution < -0.4 is 4.74 Å². The summed E-state index contributed by atoms with van der Waals surface area (Å²) >= 11 is 5.86. The van der Waals surface area contributed by atoms with E-state index in [-0.39, 0.29) is 27.4 Å². The average molecular weight is 257 g/mol. The highest BCUT2D eigenvalue weighted by atomic mass is 35.5. The summed E-state index contributed by atoms with van der Waals surface area (Å²) in [7, 11) is 1.29. The van der Waals surface area contributed by atoms with Gasteiger partial charge in [-0.2, -0.15) is 0 Å². The van der Waals surface area contributed by atoms with Crippen LogP contribution in [0.4, 0.5) is 10.1 Å². The molecule has 0 unspecified atom stereocenters. The van der Waals surface area contributed by atoms with Crippen LogP contribution in [0.2, 0.25) is 5.02 Å². The second-order valence-electron chi connectivity index (χ2n) is 3.22. The smallest absolute Gasteiger partial charge is 0.306 e. The van der Waals surface area contributed by atoms with Crippen LogP contribution in [0, 0.1) is 15.9 Å². The molecule has 1 heterocycles. The van der Waals surface area contributed by atoms with E-state index in [0.717, 1.165) is 12.3 Å². The Balaban J connectivity index is 2.80. The van der Waals surface area contributed by atoms with Crippen LogP contribution in [0.15, 0.2) is 18.3 Å². The van der Waals surface area contributed by atoms with E-state index in [9.17, 15) is 14.5 Å². The number of halogens is 2. The van der Waals surface area contributed by atoms with Gasteiger partial charge in [0.2, 0.25) is 0 Å². The molecular weight excluding hydrogens is 251 g/mol. The summed E-state index contributed by atoms with van der Waals surface area (Å²) in [5.41, 5.74) is -0.0910. The zero-order valence-corrected chi connectivity index (χ0v) is 9.36. The van der Waals surface area contributed by atoms with Crippen molar-refractivity contribution in [3.8, 4) is 5.75 Å². The lowest BCUT2D eigenvalue weighted by Gasteiger charge is -2.05. The number of ether oxygens (including phenoxy) is 1. The fraction of sp³-hybridized carbons (Fsp3) is 0.100. The van der Waals surface area contributed by atoms with Gasteiger partial charge in [0.15, 0.2) is 11.6 Å². The summed E-state index contributed by atoms with van der Waals surface area (Å²) in [6.07, 6.45) is 0.997. The SMILES string of the molecule is COc1cc2c(Cl)c([N+](=O)[O-])cnc2cc1F. The predicted octanol–water partition coefficient (Wildman–Crippen LogP) is 2.94. The quantitative estimate of drug-likeness (QED) is 0.612. The molecule has 0 radical (unpaired) electrons. The van der Waals surface area contributed by atoms with Gasteiger partial charge in [0.05, 0.1) is 17.5 Å². The van der Waals surface area contributed by atoms with E-state index in [4.69, 9.17) is 16.3 Å². The van der Waals surface area contributed by atoms with Crippen molar-refractivity contribution in [2.45, 2.75) is 0 Å². The lowest BCUT2D eigenvalue weighted by Crippen LogP contribution is -1.94. The van der Waals surface area contributed by atoms with Gasteiger partial charge in [0.1, 0.15) is 11.2 Å². The minimum Gasteiger partial charge on any atom is -0.494 e. The van der Waals surface area contributed by atoms with Crippen LogP contribution in [-0.4, -0.2) is 17.0 Å². The number of nitro groups is 1.